The van der Waals surface area contributed by atoms with Gasteiger partial charge in [-0.05, 0) is 48.8 Å². The standard InChI is InChI=1S/C24H33NO3/c1-18(9-8-10-20(3)26)24(4)13-14-25(16-19(24)2)17-22(23(27)28)15-21-11-6-5-7-12-21/h5-9,11-12,19,22H,1,10,13-17H2,2-4H3,(H,27,28)/b9-8-. The van der Waals surface area contributed by atoms with E-state index in [-0.39, 0.29) is 11.2 Å². The third kappa shape index (κ3) is 5.90. The minimum absolute atomic E-state index is 0.0259. The molecule has 0 bridgehead atoms. The van der Waals surface area contributed by atoms with Crippen molar-refractivity contribution in [2.75, 3.05) is 19.6 Å². The van der Waals surface area contributed by atoms with Crippen LogP contribution < -0.4 is 0 Å². The van der Waals surface area contributed by atoms with Gasteiger partial charge in [-0.25, -0.2) is 0 Å². The molecule has 28 heavy (non-hydrogen) atoms. The molecule has 1 aliphatic rings. The summed E-state index contributed by atoms with van der Waals surface area (Å²) in [6.45, 7) is 12.6. The molecule has 1 aromatic rings. The second-order valence-corrected chi connectivity index (χ2v) is 8.39. The van der Waals surface area contributed by atoms with Gasteiger partial charge in [-0.3, -0.25) is 9.59 Å². The number of hydrogen-bond donors (Lipinski definition) is 1. The Balaban J connectivity index is 1.97. The van der Waals surface area contributed by atoms with Crippen LogP contribution in [0, 0.1) is 17.3 Å². The normalized spacial score (nSPS) is 24.2. The fourth-order valence-electron chi connectivity index (χ4n) is 3.96. The number of carbonyl (C=O) groups is 2. The van der Waals surface area contributed by atoms with Gasteiger partial charge in [-0.15, -0.1) is 0 Å². The molecule has 3 atom stereocenters. The zero-order chi connectivity index (χ0) is 20.7. The van der Waals surface area contributed by atoms with E-state index in [1.165, 1.54) is 0 Å². The molecule has 4 heteroatoms. The minimum Gasteiger partial charge on any atom is -0.481 e. The highest BCUT2D eigenvalue weighted by molar-refractivity contribution is 5.77. The molecule has 1 fully saturated rings. The number of carbonyl (C=O) groups excluding carboxylic acids is 1. The second-order valence-electron chi connectivity index (χ2n) is 8.39. The lowest BCUT2D eigenvalue weighted by atomic mass is 9.67. The van der Waals surface area contributed by atoms with Crippen molar-refractivity contribution in [1.82, 2.24) is 4.90 Å². The van der Waals surface area contributed by atoms with Crippen molar-refractivity contribution in [3.63, 3.8) is 0 Å². The number of Topliss-reactive ketones (excluding diaryl/α,β-unsaturated/α-hetero) is 1. The smallest absolute Gasteiger partial charge is 0.308 e. The molecule has 3 unspecified atom stereocenters. The summed E-state index contributed by atoms with van der Waals surface area (Å²) in [5.41, 5.74) is 2.09. The molecule has 1 heterocycles. The van der Waals surface area contributed by atoms with Crippen LogP contribution in [0.2, 0.25) is 0 Å². The van der Waals surface area contributed by atoms with Crippen molar-refractivity contribution in [2.24, 2.45) is 17.3 Å². The first-order valence-electron chi connectivity index (χ1n) is 10.1. The van der Waals surface area contributed by atoms with Crippen LogP contribution in [-0.4, -0.2) is 41.4 Å². The summed E-state index contributed by atoms with van der Waals surface area (Å²) in [6.07, 6.45) is 5.82. The van der Waals surface area contributed by atoms with Gasteiger partial charge in [0.1, 0.15) is 5.78 Å². The van der Waals surface area contributed by atoms with E-state index in [2.05, 4.69) is 25.3 Å². The Morgan fingerprint density at radius 3 is 2.61 bits per heavy atom. The summed E-state index contributed by atoms with van der Waals surface area (Å²) < 4.78 is 0. The molecule has 0 aliphatic carbocycles. The van der Waals surface area contributed by atoms with Crippen molar-refractivity contribution in [1.29, 1.82) is 0 Å². The molecule has 0 aromatic heterocycles. The molecule has 0 saturated carbocycles. The van der Waals surface area contributed by atoms with Crippen molar-refractivity contribution < 1.29 is 14.7 Å². The van der Waals surface area contributed by atoms with Gasteiger partial charge in [0.2, 0.25) is 0 Å². The third-order valence-corrected chi connectivity index (χ3v) is 6.18. The molecule has 0 radical (unpaired) electrons. The number of allylic oxidation sites excluding steroid dienone is 3. The van der Waals surface area contributed by atoms with Crippen LogP contribution in [-0.2, 0) is 16.0 Å². The highest BCUT2D eigenvalue weighted by Gasteiger charge is 2.38. The van der Waals surface area contributed by atoms with Crippen molar-refractivity contribution in [3.05, 3.63) is 60.2 Å². The van der Waals surface area contributed by atoms with Crippen LogP contribution in [0.25, 0.3) is 0 Å². The van der Waals surface area contributed by atoms with Gasteiger partial charge in [-0.2, -0.15) is 0 Å². The van der Waals surface area contributed by atoms with Crippen LogP contribution in [0.1, 0.15) is 39.2 Å². The van der Waals surface area contributed by atoms with E-state index in [0.717, 1.165) is 30.6 Å². The molecule has 1 saturated heterocycles. The molecule has 1 aliphatic heterocycles. The Bertz CT molecular complexity index is 725. The molecular weight excluding hydrogens is 350 g/mol. The number of ketones is 1. The number of benzene rings is 1. The maximum Gasteiger partial charge on any atom is 0.308 e. The first-order chi connectivity index (χ1) is 13.2. The SMILES string of the molecule is C=C(/C=C\CC(C)=O)C1(C)CCN(CC(Cc2ccccc2)C(=O)O)CC1C. The van der Waals surface area contributed by atoms with E-state index >= 15 is 0 Å². The molecule has 1 N–H and O–H groups in total. The average Bonchev–Trinajstić information content (AvgIpc) is 2.64. The molecule has 152 valence electrons. The number of carboxylic acid groups (broad SMARTS) is 1. The number of aliphatic carboxylic acids is 1. The number of carboxylic acids is 1. The first-order valence-corrected chi connectivity index (χ1v) is 10.1. The van der Waals surface area contributed by atoms with Gasteiger partial charge >= 0.3 is 5.97 Å². The lowest BCUT2D eigenvalue weighted by Crippen LogP contribution is -2.47. The van der Waals surface area contributed by atoms with Gasteiger partial charge in [0.15, 0.2) is 0 Å². The highest BCUT2D eigenvalue weighted by atomic mass is 16.4. The number of hydrogen-bond acceptors (Lipinski definition) is 3. The monoisotopic (exact) mass is 383 g/mol. The summed E-state index contributed by atoms with van der Waals surface area (Å²) in [6, 6.07) is 9.83. The zero-order valence-electron chi connectivity index (χ0n) is 17.4. The van der Waals surface area contributed by atoms with Gasteiger partial charge < -0.3 is 10.0 Å². The summed E-state index contributed by atoms with van der Waals surface area (Å²) in [7, 11) is 0. The topological polar surface area (TPSA) is 57.6 Å². The van der Waals surface area contributed by atoms with Crippen molar-refractivity contribution in [3.8, 4) is 0 Å². The summed E-state index contributed by atoms with van der Waals surface area (Å²) >= 11 is 0. The number of piperidine rings is 1. The van der Waals surface area contributed by atoms with Crippen LogP contribution >= 0.6 is 0 Å². The molecule has 2 rings (SSSR count). The minimum atomic E-state index is -0.735. The average molecular weight is 384 g/mol. The van der Waals surface area contributed by atoms with Crippen LogP contribution in [0.15, 0.2) is 54.6 Å². The highest BCUT2D eigenvalue weighted by Crippen LogP contribution is 2.42. The number of rotatable bonds is 9. The van der Waals surface area contributed by atoms with E-state index in [9.17, 15) is 14.7 Å². The Hall–Kier alpha value is -2.20. The first kappa shape index (κ1) is 22.1. The lowest BCUT2D eigenvalue weighted by molar-refractivity contribution is -0.142. The molecule has 4 nitrogen and oxygen atoms in total. The maximum absolute atomic E-state index is 11.8. The van der Waals surface area contributed by atoms with E-state index in [1.54, 1.807) is 6.92 Å². The summed E-state index contributed by atoms with van der Waals surface area (Å²) in [5.74, 6) is -0.629. The predicted octanol–water partition coefficient (Wildman–Crippen LogP) is 4.37. The third-order valence-electron chi connectivity index (χ3n) is 6.18. The van der Waals surface area contributed by atoms with E-state index < -0.39 is 11.9 Å². The van der Waals surface area contributed by atoms with Crippen LogP contribution in [0.3, 0.4) is 0 Å². The molecular formula is C24H33NO3. The Labute approximate surface area is 168 Å². The lowest BCUT2D eigenvalue weighted by Gasteiger charge is -2.46. The maximum atomic E-state index is 11.8. The van der Waals surface area contributed by atoms with Crippen molar-refractivity contribution in [2.45, 2.75) is 40.0 Å². The Morgan fingerprint density at radius 2 is 2.04 bits per heavy atom. The molecule has 0 spiro atoms. The van der Waals surface area contributed by atoms with Gasteiger partial charge in [-0.1, -0.05) is 62.9 Å². The summed E-state index contributed by atoms with van der Waals surface area (Å²) in [5, 5.41) is 9.69. The van der Waals surface area contributed by atoms with E-state index in [1.807, 2.05) is 42.5 Å². The second kappa shape index (κ2) is 9.83. The summed E-state index contributed by atoms with van der Waals surface area (Å²) in [4.78, 5) is 25.2. The largest absolute Gasteiger partial charge is 0.481 e. The van der Waals surface area contributed by atoms with Gasteiger partial charge in [0.05, 0.1) is 5.92 Å². The Morgan fingerprint density at radius 1 is 1.36 bits per heavy atom. The van der Waals surface area contributed by atoms with Gasteiger partial charge in [0.25, 0.3) is 0 Å². The van der Waals surface area contributed by atoms with Crippen LogP contribution in [0.4, 0.5) is 0 Å². The molecule has 0 amide bonds. The fourth-order valence-corrected chi connectivity index (χ4v) is 3.96. The number of likely N-dealkylation sites (tertiary alicyclic amines) is 1. The predicted molar refractivity (Wildman–Crippen MR) is 113 cm³/mol. The Kier molecular flexibility index (Phi) is 7.76. The zero-order valence-corrected chi connectivity index (χ0v) is 17.4. The van der Waals surface area contributed by atoms with Crippen molar-refractivity contribution >= 4 is 11.8 Å². The number of nitrogens with zero attached hydrogens (tertiary/aromatic N) is 1. The van der Waals surface area contributed by atoms with E-state index in [4.69, 9.17) is 0 Å². The van der Waals surface area contributed by atoms with E-state index in [0.29, 0.717) is 25.3 Å². The fraction of sp³-hybridized carbons (Fsp3) is 0.500. The van der Waals surface area contributed by atoms with Gasteiger partial charge in [0, 0.05) is 19.5 Å². The van der Waals surface area contributed by atoms with Crippen LogP contribution in [0.5, 0.6) is 0 Å². The quantitative estimate of drug-likeness (QED) is 0.643. The molecule has 1 aromatic carbocycles.